The highest BCUT2D eigenvalue weighted by atomic mass is 35.5. The molecule has 2 aromatic rings. The van der Waals surface area contributed by atoms with Crippen LogP contribution >= 0.6 is 11.6 Å². The van der Waals surface area contributed by atoms with Crippen LogP contribution in [-0.4, -0.2) is 25.5 Å². The monoisotopic (exact) mass is 331 g/mol. The third-order valence-electron chi connectivity index (χ3n) is 6.41. The molecule has 2 aliphatic rings. The summed E-state index contributed by atoms with van der Waals surface area (Å²) < 4.78 is 1.78. The van der Waals surface area contributed by atoms with Gasteiger partial charge in [0, 0.05) is 10.4 Å². The molecule has 2 saturated carbocycles. The molecular formula is C18H22ClN3O. The summed E-state index contributed by atoms with van der Waals surface area (Å²) in [5.41, 5.74) is 0.501. The van der Waals surface area contributed by atoms with E-state index < -0.39 is 5.60 Å². The van der Waals surface area contributed by atoms with Gasteiger partial charge in [-0.15, -0.1) is 0 Å². The van der Waals surface area contributed by atoms with Crippen molar-refractivity contribution in [3.8, 4) is 0 Å². The molecule has 0 spiro atoms. The lowest BCUT2D eigenvalue weighted by Gasteiger charge is -2.51. The van der Waals surface area contributed by atoms with E-state index in [1.165, 1.54) is 18.3 Å². The fourth-order valence-electron chi connectivity index (χ4n) is 4.76. The van der Waals surface area contributed by atoms with Gasteiger partial charge in [0.2, 0.25) is 0 Å². The Morgan fingerprint density at radius 2 is 2.13 bits per heavy atom. The van der Waals surface area contributed by atoms with Gasteiger partial charge >= 0.3 is 0 Å². The number of hydrogen-bond acceptors (Lipinski definition) is 3. The van der Waals surface area contributed by atoms with E-state index >= 15 is 0 Å². The third kappa shape index (κ3) is 2.31. The zero-order valence-electron chi connectivity index (χ0n) is 13.3. The van der Waals surface area contributed by atoms with Crippen molar-refractivity contribution >= 4 is 11.6 Å². The van der Waals surface area contributed by atoms with E-state index in [-0.39, 0.29) is 11.3 Å². The van der Waals surface area contributed by atoms with Crippen molar-refractivity contribution in [1.29, 1.82) is 0 Å². The Morgan fingerprint density at radius 1 is 1.35 bits per heavy atom. The maximum Gasteiger partial charge on any atom is 0.137 e. The second-order valence-electron chi connectivity index (χ2n) is 7.43. The van der Waals surface area contributed by atoms with Crippen LogP contribution in [0.1, 0.15) is 31.7 Å². The molecule has 4 rings (SSSR count). The van der Waals surface area contributed by atoms with E-state index in [0.29, 0.717) is 12.5 Å². The van der Waals surface area contributed by atoms with Gasteiger partial charge in [0.25, 0.3) is 0 Å². The van der Waals surface area contributed by atoms with Crippen LogP contribution in [0.4, 0.5) is 0 Å². The van der Waals surface area contributed by atoms with Crippen molar-refractivity contribution in [3.05, 3.63) is 47.5 Å². The van der Waals surface area contributed by atoms with Crippen LogP contribution in [0.15, 0.2) is 36.9 Å². The van der Waals surface area contributed by atoms with Gasteiger partial charge in [-0.2, -0.15) is 5.10 Å². The van der Waals surface area contributed by atoms with Crippen LogP contribution in [0.3, 0.4) is 0 Å². The lowest BCUT2D eigenvalue weighted by Crippen LogP contribution is -2.55. The molecule has 23 heavy (non-hydrogen) atoms. The largest absolute Gasteiger partial charge is 0.387 e. The quantitative estimate of drug-likeness (QED) is 0.934. The molecule has 0 bridgehead atoms. The Balaban J connectivity index is 1.63. The second-order valence-corrected chi connectivity index (χ2v) is 7.87. The maximum atomic E-state index is 11.7. The molecule has 2 aliphatic carbocycles. The minimum atomic E-state index is -0.733. The first-order valence-electron chi connectivity index (χ1n) is 8.30. The van der Waals surface area contributed by atoms with E-state index in [1.54, 1.807) is 11.0 Å². The summed E-state index contributed by atoms with van der Waals surface area (Å²) in [6, 6.07) is 8.00. The summed E-state index contributed by atoms with van der Waals surface area (Å²) in [6.45, 7) is 2.78. The Hall–Kier alpha value is -1.39. The van der Waals surface area contributed by atoms with Crippen LogP contribution in [0.5, 0.6) is 0 Å². The molecule has 0 radical (unpaired) electrons. The lowest BCUT2D eigenvalue weighted by molar-refractivity contribution is -0.141. The van der Waals surface area contributed by atoms with Crippen molar-refractivity contribution in [2.24, 2.45) is 17.3 Å². The molecule has 2 fully saturated rings. The molecule has 1 aromatic carbocycles. The van der Waals surface area contributed by atoms with Crippen LogP contribution in [0.2, 0.25) is 5.02 Å². The number of rotatable bonds is 4. The highest BCUT2D eigenvalue weighted by molar-refractivity contribution is 6.30. The highest BCUT2D eigenvalue weighted by Crippen LogP contribution is 2.65. The number of halogens is 1. The Morgan fingerprint density at radius 3 is 2.74 bits per heavy atom. The fraction of sp³-hybridized carbons (Fsp3) is 0.556. The summed E-state index contributed by atoms with van der Waals surface area (Å²) in [5.74, 6) is 0.860. The number of aliphatic hydroxyl groups is 1. The molecule has 1 aromatic heterocycles. The number of aromatic nitrogens is 3. The number of hydrogen-bond donors (Lipinski definition) is 1. The van der Waals surface area contributed by atoms with Gasteiger partial charge in [-0.3, -0.25) is 4.68 Å². The topological polar surface area (TPSA) is 50.9 Å². The smallest absolute Gasteiger partial charge is 0.137 e. The molecule has 122 valence electrons. The standard InChI is InChI=1S/C18H22ClN3O/c1-17-7-6-14(17)9-15(8-13-2-4-16(19)5-3-13)18(17,23)10-22-12-20-11-21-22/h2-5,11-12,14-15,23H,6-10H2,1H3/t14-,15?,17-,18-/m0/s1. The minimum absolute atomic E-state index is 0.00393. The summed E-state index contributed by atoms with van der Waals surface area (Å²) in [5, 5.41) is 16.6. The van der Waals surface area contributed by atoms with Gasteiger partial charge in [0.15, 0.2) is 0 Å². The van der Waals surface area contributed by atoms with Gasteiger partial charge in [0.05, 0.1) is 12.1 Å². The molecule has 1 heterocycles. The first-order valence-corrected chi connectivity index (χ1v) is 8.68. The van der Waals surface area contributed by atoms with Crippen LogP contribution in [-0.2, 0) is 13.0 Å². The molecule has 0 saturated heterocycles. The summed E-state index contributed by atoms with van der Waals surface area (Å²) in [6.07, 6.45) is 7.53. The Bertz CT molecular complexity index is 687. The van der Waals surface area contributed by atoms with E-state index in [0.717, 1.165) is 24.3 Å². The van der Waals surface area contributed by atoms with E-state index in [9.17, 15) is 5.11 Å². The van der Waals surface area contributed by atoms with Gasteiger partial charge in [-0.05, 0) is 55.2 Å². The Kier molecular flexibility index (Phi) is 3.50. The van der Waals surface area contributed by atoms with Crippen molar-refractivity contribution in [1.82, 2.24) is 14.8 Å². The third-order valence-corrected chi connectivity index (χ3v) is 6.66. The van der Waals surface area contributed by atoms with Crippen LogP contribution < -0.4 is 0 Å². The number of benzene rings is 1. The predicted octanol–water partition coefficient (Wildman–Crippen LogP) is 3.34. The van der Waals surface area contributed by atoms with Gasteiger partial charge in [-0.25, -0.2) is 4.98 Å². The predicted molar refractivity (Wildman–Crippen MR) is 89.1 cm³/mol. The number of nitrogens with zero attached hydrogens (tertiary/aromatic N) is 3. The van der Waals surface area contributed by atoms with Gasteiger partial charge in [0.1, 0.15) is 12.7 Å². The molecule has 4 nitrogen and oxygen atoms in total. The summed E-state index contributed by atoms with van der Waals surface area (Å²) in [7, 11) is 0. The van der Waals surface area contributed by atoms with Crippen LogP contribution in [0, 0.1) is 17.3 Å². The molecular weight excluding hydrogens is 310 g/mol. The maximum absolute atomic E-state index is 11.7. The first kappa shape index (κ1) is 15.2. The zero-order chi connectivity index (χ0) is 16.1. The molecule has 1 unspecified atom stereocenters. The molecule has 0 aliphatic heterocycles. The van der Waals surface area contributed by atoms with Crippen molar-refractivity contribution in [2.45, 2.75) is 44.8 Å². The van der Waals surface area contributed by atoms with Gasteiger partial charge in [-0.1, -0.05) is 30.7 Å². The van der Waals surface area contributed by atoms with E-state index in [4.69, 9.17) is 11.6 Å². The van der Waals surface area contributed by atoms with E-state index in [2.05, 4.69) is 29.1 Å². The molecule has 1 N–H and O–H groups in total. The second kappa shape index (κ2) is 5.32. The normalized spacial score (nSPS) is 35.8. The SMILES string of the molecule is C[C@]12CC[C@H]1CC(Cc1ccc(Cl)cc1)[C@@]2(O)Cn1cncn1. The molecule has 5 heteroatoms. The fourth-order valence-corrected chi connectivity index (χ4v) is 4.89. The average Bonchev–Trinajstić information content (AvgIpc) is 3.07. The first-order chi connectivity index (χ1) is 11.0. The minimum Gasteiger partial charge on any atom is -0.387 e. The van der Waals surface area contributed by atoms with Crippen molar-refractivity contribution in [2.75, 3.05) is 0 Å². The van der Waals surface area contributed by atoms with Crippen molar-refractivity contribution < 1.29 is 5.11 Å². The average molecular weight is 332 g/mol. The lowest BCUT2D eigenvalue weighted by atomic mass is 9.57. The summed E-state index contributed by atoms with van der Waals surface area (Å²) in [4.78, 5) is 4.02. The number of fused-ring (bicyclic) bond motifs is 1. The highest BCUT2D eigenvalue weighted by Gasteiger charge is 2.65. The van der Waals surface area contributed by atoms with Crippen LogP contribution in [0.25, 0.3) is 0 Å². The van der Waals surface area contributed by atoms with E-state index in [1.807, 2.05) is 12.1 Å². The summed E-state index contributed by atoms with van der Waals surface area (Å²) >= 11 is 5.99. The molecule has 4 atom stereocenters. The van der Waals surface area contributed by atoms with Crippen molar-refractivity contribution in [3.63, 3.8) is 0 Å². The zero-order valence-corrected chi connectivity index (χ0v) is 14.1. The van der Waals surface area contributed by atoms with Gasteiger partial charge < -0.3 is 5.11 Å². The Labute approximate surface area is 141 Å². The molecule has 0 amide bonds.